The molecule has 10 aromatic carbocycles. The monoisotopic (exact) mass is 1010 g/mol. The van der Waals surface area contributed by atoms with Crippen molar-refractivity contribution in [3.05, 3.63) is 257 Å². The fraction of sp³-hybridized carbons (Fsp3) is 0.189. The fourth-order valence-corrected chi connectivity index (χ4v) is 14.6. The molecular formula is C74H63BN2O. The third-order valence-electron chi connectivity index (χ3n) is 18.7. The molecule has 78 heavy (non-hydrogen) atoms. The van der Waals surface area contributed by atoms with Crippen LogP contribution in [0.4, 0.5) is 28.4 Å². The predicted molar refractivity (Wildman–Crippen MR) is 329 cm³/mol. The molecule has 0 spiro atoms. The van der Waals surface area contributed by atoms with E-state index >= 15 is 0 Å². The van der Waals surface area contributed by atoms with Gasteiger partial charge in [0.15, 0.2) is 0 Å². The van der Waals surface area contributed by atoms with Crippen molar-refractivity contribution in [2.75, 3.05) is 9.71 Å². The molecule has 0 unspecified atom stereocenters. The van der Waals surface area contributed by atoms with Crippen molar-refractivity contribution in [3.8, 4) is 33.4 Å². The summed E-state index contributed by atoms with van der Waals surface area (Å²) in [7, 11) is 0. The van der Waals surface area contributed by atoms with Gasteiger partial charge in [-0.2, -0.15) is 0 Å². The summed E-state index contributed by atoms with van der Waals surface area (Å²) in [5, 5.41) is 2.35. The van der Waals surface area contributed by atoms with Crippen molar-refractivity contribution in [1.29, 1.82) is 0 Å². The van der Waals surface area contributed by atoms with E-state index in [0.29, 0.717) is 0 Å². The summed E-state index contributed by atoms with van der Waals surface area (Å²) in [6.07, 6.45) is 2.28. The van der Waals surface area contributed by atoms with E-state index in [2.05, 4.69) is 277 Å². The van der Waals surface area contributed by atoms with Gasteiger partial charge in [-0.15, -0.1) is 0 Å². The van der Waals surface area contributed by atoms with E-state index in [9.17, 15) is 0 Å². The zero-order valence-electron chi connectivity index (χ0n) is 46.0. The molecule has 1 aromatic heterocycles. The number of anilines is 5. The average molecular weight is 1010 g/mol. The largest absolute Gasteiger partial charge is 0.456 e. The maximum Gasteiger partial charge on any atom is 0.336 e. The Labute approximate surface area is 459 Å². The number of benzene rings is 10. The number of furan rings is 1. The predicted octanol–water partition coefficient (Wildman–Crippen LogP) is 18.3. The second-order valence-electron chi connectivity index (χ2n) is 25.1. The molecule has 0 saturated carbocycles. The van der Waals surface area contributed by atoms with Crippen LogP contribution in [-0.2, 0) is 21.7 Å². The number of hydrogen-bond acceptors (Lipinski definition) is 3. The van der Waals surface area contributed by atoms with Gasteiger partial charge in [0.25, 0.3) is 0 Å². The van der Waals surface area contributed by atoms with E-state index < -0.39 is 5.41 Å². The summed E-state index contributed by atoms with van der Waals surface area (Å²) in [5.41, 5.74) is 27.3. The Bertz CT molecular complexity index is 4230. The first-order valence-electron chi connectivity index (χ1n) is 28.2. The molecular weight excluding hydrogens is 944 g/mol. The number of nitrogens with zero attached hydrogens (tertiary/aromatic N) is 2. The first-order chi connectivity index (χ1) is 37.7. The fourth-order valence-electron chi connectivity index (χ4n) is 14.6. The summed E-state index contributed by atoms with van der Waals surface area (Å²) in [5.74, 6) is 0. The van der Waals surface area contributed by atoms with E-state index in [1.807, 2.05) is 0 Å². The van der Waals surface area contributed by atoms with Crippen molar-refractivity contribution < 1.29 is 4.42 Å². The van der Waals surface area contributed by atoms with Crippen molar-refractivity contribution in [1.82, 2.24) is 0 Å². The molecule has 4 heteroatoms. The Morgan fingerprint density at radius 1 is 0.449 bits per heavy atom. The summed E-state index contributed by atoms with van der Waals surface area (Å²) < 4.78 is 7.70. The quantitative estimate of drug-likeness (QED) is 0.160. The van der Waals surface area contributed by atoms with Gasteiger partial charge in [-0.25, -0.2) is 0 Å². The third kappa shape index (κ3) is 6.53. The molecule has 3 nitrogen and oxygen atoms in total. The first-order valence-corrected chi connectivity index (χ1v) is 28.2. The van der Waals surface area contributed by atoms with E-state index in [4.69, 9.17) is 4.42 Å². The van der Waals surface area contributed by atoms with Crippen LogP contribution < -0.4 is 20.6 Å². The lowest BCUT2D eigenvalue weighted by Crippen LogP contribution is -2.63. The molecule has 4 heterocycles. The minimum Gasteiger partial charge on any atom is -0.456 e. The van der Waals surface area contributed by atoms with Crippen LogP contribution in [0.2, 0.25) is 0 Å². The van der Waals surface area contributed by atoms with E-state index in [1.54, 1.807) is 0 Å². The van der Waals surface area contributed by atoms with Gasteiger partial charge in [0.05, 0.1) is 11.1 Å². The van der Waals surface area contributed by atoms with Crippen molar-refractivity contribution in [2.45, 2.75) is 89.9 Å². The maximum atomic E-state index is 7.70. The van der Waals surface area contributed by atoms with Gasteiger partial charge in [0.2, 0.25) is 0 Å². The summed E-state index contributed by atoms with van der Waals surface area (Å²) in [6.45, 7) is 18.7. The summed E-state index contributed by atoms with van der Waals surface area (Å²) in [4.78, 5) is 5.36. The smallest absolute Gasteiger partial charge is 0.336 e. The average Bonchev–Trinajstić information content (AvgIpc) is 2.61. The van der Waals surface area contributed by atoms with E-state index in [1.165, 1.54) is 111 Å². The van der Waals surface area contributed by atoms with E-state index in [-0.39, 0.29) is 23.1 Å². The minimum atomic E-state index is -0.637. The molecule has 0 N–H and O–H groups in total. The molecule has 0 bridgehead atoms. The standard InChI is InChI=1S/C74H63BN2O/c1-46-23-18-19-30-52(46)48-41-57-53-31-22-33-59-69(53)77(63-34-21-20-32-58(63)74(59,49-26-14-10-15-27-49)50-28-16-11-17-29-50)75-67(57)65(42-48)76(62-37-35-51(71(2,3)4)43-55(62)47-24-12-9-13-25-47)64-38-36-54-56-44-60-61(45-66(56)78-70(54)68(64)75)73(7,8)40-39-72(60,5)6/h9-38,41-45H,39-40H2,1-8H3. The van der Waals surface area contributed by atoms with Gasteiger partial charge in [0.1, 0.15) is 11.2 Å². The maximum absolute atomic E-state index is 7.70. The van der Waals surface area contributed by atoms with Crippen molar-refractivity contribution in [3.63, 3.8) is 0 Å². The van der Waals surface area contributed by atoms with Gasteiger partial charge >= 0.3 is 6.85 Å². The van der Waals surface area contributed by atoms with Gasteiger partial charge in [-0.3, -0.25) is 0 Å². The Kier molecular flexibility index (Phi) is 9.98. The molecule has 0 amide bonds. The van der Waals surface area contributed by atoms with Gasteiger partial charge < -0.3 is 14.1 Å². The van der Waals surface area contributed by atoms with Crippen LogP contribution in [-0.4, -0.2) is 6.85 Å². The van der Waals surface area contributed by atoms with Gasteiger partial charge in [-0.05, 0) is 163 Å². The molecule has 15 rings (SSSR count). The second kappa shape index (κ2) is 16.6. The van der Waals surface area contributed by atoms with Crippen LogP contribution in [0.5, 0.6) is 0 Å². The highest BCUT2D eigenvalue weighted by Crippen LogP contribution is 2.61. The lowest BCUT2D eigenvalue weighted by Gasteiger charge is -2.53. The number of hydrogen-bond donors (Lipinski definition) is 0. The van der Waals surface area contributed by atoms with Crippen LogP contribution in [0.3, 0.4) is 0 Å². The number of para-hydroxylation sites is 2. The summed E-state index contributed by atoms with van der Waals surface area (Å²) >= 11 is 0. The Balaban J connectivity index is 1.13. The molecule has 3 aliphatic heterocycles. The molecule has 0 fully saturated rings. The number of fused-ring (bicyclic) bond motifs is 11. The van der Waals surface area contributed by atoms with Crippen LogP contribution >= 0.6 is 0 Å². The van der Waals surface area contributed by atoms with Gasteiger partial charge in [-0.1, -0.05) is 206 Å². The highest BCUT2D eigenvalue weighted by Gasteiger charge is 2.54. The van der Waals surface area contributed by atoms with Crippen LogP contribution in [0.1, 0.15) is 106 Å². The molecule has 1 aliphatic carbocycles. The lowest BCUT2D eigenvalue weighted by molar-refractivity contribution is 0.332. The van der Waals surface area contributed by atoms with Crippen LogP contribution in [0.25, 0.3) is 55.3 Å². The number of rotatable bonds is 5. The highest BCUT2D eigenvalue weighted by molar-refractivity contribution is 6.95. The highest BCUT2D eigenvalue weighted by atomic mass is 16.3. The Morgan fingerprint density at radius 2 is 1.06 bits per heavy atom. The molecule has 11 aromatic rings. The van der Waals surface area contributed by atoms with E-state index in [0.717, 1.165) is 40.8 Å². The Morgan fingerprint density at radius 3 is 1.77 bits per heavy atom. The Hall–Kier alpha value is -8.34. The van der Waals surface area contributed by atoms with Crippen molar-refractivity contribution in [2.24, 2.45) is 0 Å². The normalized spacial score (nSPS) is 16.1. The third-order valence-corrected chi connectivity index (χ3v) is 18.7. The molecule has 0 atom stereocenters. The van der Waals surface area contributed by atoms with Crippen LogP contribution in [0, 0.1) is 6.92 Å². The zero-order chi connectivity index (χ0) is 53.0. The molecule has 0 radical (unpaired) electrons. The number of aryl methyl sites for hydroxylation is 1. The summed E-state index contributed by atoms with van der Waals surface area (Å²) in [6, 6.07) is 80.9. The second-order valence-corrected chi connectivity index (χ2v) is 25.1. The topological polar surface area (TPSA) is 19.6 Å². The minimum absolute atomic E-state index is 0.0228. The lowest BCUT2D eigenvalue weighted by atomic mass is 9.41. The van der Waals surface area contributed by atoms with Crippen molar-refractivity contribution >= 4 is 68.1 Å². The SMILES string of the molecule is Cc1ccccc1-c1cc2c3c(c1)N(c1ccc(C(C)(C)C)cc1-c1ccccc1)c1ccc4c(oc5cc6c(cc54)C(C)(C)CCC6(C)C)c1B3N1c3ccccc3C(c3ccccc3)(c3ccccc3)c3cccc-2c31. The van der Waals surface area contributed by atoms with Gasteiger partial charge in [0, 0.05) is 50.1 Å². The molecule has 378 valence electrons. The molecule has 4 aliphatic rings. The molecule has 0 saturated heterocycles. The van der Waals surface area contributed by atoms with Crippen LogP contribution in [0.15, 0.2) is 217 Å². The zero-order valence-corrected chi connectivity index (χ0v) is 46.0. The first kappa shape index (κ1) is 46.9.